The van der Waals surface area contributed by atoms with Crippen LogP contribution in [0, 0.1) is 0 Å². The first-order valence-corrected chi connectivity index (χ1v) is 16.4. The molecule has 2 aromatic carbocycles. The largest absolute Gasteiger partial charge is 0.494 e. The number of benzene rings is 2. The van der Waals surface area contributed by atoms with E-state index in [-0.39, 0.29) is 0 Å². The number of unbranched alkanes of at least 4 members (excludes halogenated alkanes) is 13. The van der Waals surface area contributed by atoms with Gasteiger partial charge in [-0.3, -0.25) is 0 Å². The minimum atomic E-state index is 0.809. The fraction of sp³-hybridized carbons (Fsp3) is 0.594. The van der Waals surface area contributed by atoms with Crippen LogP contribution in [0.4, 0.5) is 0 Å². The van der Waals surface area contributed by atoms with Gasteiger partial charge in [-0.25, -0.2) is 4.98 Å². The van der Waals surface area contributed by atoms with Crippen molar-refractivity contribution in [1.29, 1.82) is 0 Å². The number of hydrogen-bond donors (Lipinski definition) is 0. The van der Waals surface area contributed by atoms with Gasteiger partial charge in [-0.1, -0.05) is 97.3 Å². The second-order valence-electron chi connectivity index (χ2n) is 9.97. The van der Waals surface area contributed by atoms with Crippen molar-refractivity contribution in [2.24, 2.45) is 0 Å². The minimum absolute atomic E-state index is 0.809. The van der Waals surface area contributed by atoms with Crippen LogP contribution in [0.25, 0.3) is 20.8 Å². The second kappa shape index (κ2) is 17.9. The summed E-state index contributed by atoms with van der Waals surface area (Å²) in [4.78, 5) is 6.26. The Bertz CT molecular complexity index is 966. The third kappa shape index (κ3) is 10.8. The van der Waals surface area contributed by atoms with E-state index in [9.17, 15) is 0 Å². The summed E-state index contributed by atoms with van der Waals surface area (Å²) < 4.78 is 7.21. The zero-order valence-corrected chi connectivity index (χ0v) is 24.4. The molecule has 198 valence electrons. The van der Waals surface area contributed by atoms with Gasteiger partial charge in [0.1, 0.15) is 10.8 Å². The highest BCUT2D eigenvalue weighted by Crippen LogP contribution is 2.33. The molecule has 3 rings (SSSR count). The average Bonchev–Trinajstić information content (AvgIpc) is 3.33. The zero-order valence-electron chi connectivity index (χ0n) is 22.7. The predicted octanol–water partition coefficient (Wildman–Crippen LogP) is 11.3. The standard InChI is InChI=1S/C32H47NOS2/c1-3-5-7-9-10-11-12-13-15-17-25-35-29-22-23-30-31(26-29)36-32(33-30)27-18-20-28(21-19-27)34-24-16-14-8-6-4-2/h18-23,26H,3-17,24-25H2,1-2H3. The maximum Gasteiger partial charge on any atom is 0.124 e. The number of nitrogens with zero attached hydrogens (tertiary/aromatic N) is 1. The fourth-order valence-corrected chi connectivity index (χ4v) is 6.52. The van der Waals surface area contributed by atoms with E-state index in [0.717, 1.165) is 29.3 Å². The first kappa shape index (κ1) is 29.0. The van der Waals surface area contributed by atoms with Crippen molar-refractivity contribution >= 4 is 33.3 Å². The van der Waals surface area contributed by atoms with E-state index in [4.69, 9.17) is 9.72 Å². The first-order valence-electron chi connectivity index (χ1n) is 14.6. The summed E-state index contributed by atoms with van der Waals surface area (Å²) in [6.45, 7) is 5.35. The fourth-order valence-electron chi connectivity index (χ4n) is 4.49. The third-order valence-corrected chi connectivity index (χ3v) is 8.89. The number of hydrogen-bond acceptors (Lipinski definition) is 4. The summed E-state index contributed by atoms with van der Waals surface area (Å²) >= 11 is 3.79. The van der Waals surface area contributed by atoms with Gasteiger partial charge in [-0.15, -0.1) is 23.1 Å². The molecule has 0 fully saturated rings. The predicted molar refractivity (Wildman–Crippen MR) is 162 cm³/mol. The van der Waals surface area contributed by atoms with E-state index in [1.54, 1.807) is 11.3 Å². The molecule has 3 aromatic rings. The summed E-state index contributed by atoms with van der Waals surface area (Å²) in [6, 6.07) is 15.2. The molecule has 36 heavy (non-hydrogen) atoms. The van der Waals surface area contributed by atoms with Gasteiger partial charge in [0, 0.05) is 10.5 Å². The first-order chi connectivity index (χ1) is 17.8. The Hall–Kier alpha value is -1.52. The van der Waals surface area contributed by atoms with Crippen LogP contribution >= 0.6 is 23.1 Å². The lowest BCUT2D eigenvalue weighted by Gasteiger charge is -2.06. The molecular weight excluding hydrogens is 478 g/mol. The molecule has 0 radical (unpaired) electrons. The van der Waals surface area contributed by atoms with Gasteiger partial charge in [0.05, 0.1) is 16.8 Å². The average molecular weight is 526 g/mol. The van der Waals surface area contributed by atoms with Crippen molar-refractivity contribution in [3.05, 3.63) is 42.5 Å². The van der Waals surface area contributed by atoms with Crippen LogP contribution in [-0.2, 0) is 0 Å². The van der Waals surface area contributed by atoms with E-state index in [2.05, 4.69) is 56.3 Å². The normalized spacial score (nSPS) is 11.4. The van der Waals surface area contributed by atoms with Crippen molar-refractivity contribution in [3.8, 4) is 16.3 Å². The van der Waals surface area contributed by atoms with Crippen LogP contribution in [-0.4, -0.2) is 17.3 Å². The molecule has 0 N–H and O–H groups in total. The van der Waals surface area contributed by atoms with Crippen molar-refractivity contribution in [1.82, 2.24) is 4.98 Å². The monoisotopic (exact) mass is 525 g/mol. The molecule has 0 aliphatic heterocycles. The molecule has 0 unspecified atom stereocenters. The number of fused-ring (bicyclic) bond motifs is 1. The minimum Gasteiger partial charge on any atom is -0.494 e. The highest BCUT2D eigenvalue weighted by Gasteiger charge is 2.08. The van der Waals surface area contributed by atoms with Crippen LogP contribution in [0.15, 0.2) is 47.4 Å². The molecule has 1 aromatic heterocycles. The molecule has 0 aliphatic rings. The molecule has 1 heterocycles. The Morgan fingerprint density at radius 3 is 1.97 bits per heavy atom. The number of thiazole rings is 1. The topological polar surface area (TPSA) is 22.1 Å². The Labute approximate surface area is 228 Å². The zero-order chi connectivity index (χ0) is 25.3. The lowest BCUT2D eigenvalue weighted by molar-refractivity contribution is 0.304. The van der Waals surface area contributed by atoms with E-state index < -0.39 is 0 Å². The van der Waals surface area contributed by atoms with Gasteiger partial charge in [0.15, 0.2) is 0 Å². The summed E-state index contributed by atoms with van der Waals surface area (Å²) in [5, 5.41) is 1.09. The number of ether oxygens (including phenoxy) is 1. The van der Waals surface area contributed by atoms with Crippen LogP contribution in [0.3, 0.4) is 0 Å². The van der Waals surface area contributed by atoms with Gasteiger partial charge in [0.25, 0.3) is 0 Å². The van der Waals surface area contributed by atoms with Gasteiger partial charge in [-0.2, -0.15) is 0 Å². The lowest BCUT2D eigenvalue weighted by atomic mass is 10.1. The summed E-state index contributed by atoms with van der Waals surface area (Å²) in [5.41, 5.74) is 2.27. The third-order valence-electron chi connectivity index (χ3n) is 6.74. The maximum atomic E-state index is 5.92. The molecule has 4 heteroatoms. The van der Waals surface area contributed by atoms with Crippen LogP contribution in [0.5, 0.6) is 5.75 Å². The maximum absolute atomic E-state index is 5.92. The van der Waals surface area contributed by atoms with E-state index in [1.807, 2.05) is 11.8 Å². The molecule has 0 spiro atoms. The van der Waals surface area contributed by atoms with E-state index in [1.165, 1.54) is 111 Å². The van der Waals surface area contributed by atoms with Gasteiger partial charge >= 0.3 is 0 Å². The Kier molecular flexibility index (Phi) is 14.4. The number of rotatable bonds is 20. The van der Waals surface area contributed by atoms with Crippen molar-refractivity contribution in [3.63, 3.8) is 0 Å². The molecule has 2 nitrogen and oxygen atoms in total. The van der Waals surface area contributed by atoms with E-state index in [0.29, 0.717) is 0 Å². The van der Waals surface area contributed by atoms with Crippen LogP contribution < -0.4 is 4.74 Å². The van der Waals surface area contributed by atoms with Crippen molar-refractivity contribution < 1.29 is 4.74 Å². The Morgan fingerprint density at radius 2 is 1.31 bits per heavy atom. The molecule has 0 saturated carbocycles. The number of aromatic nitrogens is 1. The highest BCUT2D eigenvalue weighted by atomic mass is 32.2. The van der Waals surface area contributed by atoms with Crippen molar-refractivity contribution in [2.45, 2.75) is 115 Å². The molecular formula is C32H47NOS2. The molecule has 0 amide bonds. The molecule has 0 aliphatic carbocycles. The summed E-state index contributed by atoms with van der Waals surface area (Å²) in [6.07, 6.45) is 20.3. The quantitative estimate of drug-likeness (QED) is 0.108. The van der Waals surface area contributed by atoms with Gasteiger partial charge in [-0.05, 0) is 61.1 Å². The lowest BCUT2D eigenvalue weighted by Crippen LogP contribution is -1.97. The molecule has 0 saturated heterocycles. The van der Waals surface area contributed by atoms with Gasteiger partial charge < -0.3 is 4.74 Å². The van der Waals surface area contributed by atoms with Crippen LogP contribution in [0.2, 0.25) is 0 Å². The van der Waals surface area contributed by atoms with E-state index >= 15 is 0 Å². The SMILES string of the molecule is CCCCCCCCCCCCSc1ccc2nc(-c3ccc(OCCCCCCC)cc3)sc2c1. The Balaban J connectivity index is 1.36. The summed E-state index contributed by atoms with van der Waals surface area (Å²) in [7, 11) is 0. The van der Waals surface area contributed by atoms with Gasteiger partial charge in [0.2, 0.25) is 0 Å². The molecule has 0 atom stereocenters. The molecule has 0 bridgehead atoms. The van der Waals surface area contributed by atoms with Crippen molar-refractivity contribution in [2.75, 3.05) is 12.4 Å². The highest BCUT2D eigenvalue weighted by molar-refractivity contribution is 7.99. The van der Waals surface area contributed by atoms with Crippen LogP contribution in [0.1, 0.15) is 110 Å². The smallest absolute Gasteiger partial charge is 0.124 e. The summed E-state index contributed by atoms with van der Waals surface area (Å²) in [5.74, 6) is 2.18. The number of thioether (sulfide) groups is 1. The Morgan fingerprint density at radius 1 is 0.694 bits per heavy atom. The second-order valence-corrected chi connectivity index (χ2v) is 12.2.